The molecule has 0 aromatic heterocycles. The van der Waals surface area contributed by atoms with Crippen LogP contribution in [0.4, 0.5) is 4.79 Å². The fourth-order valence-electron chi connectivity index (χ4n) is 3.01. The maximum atomic E-state index is 12.1. The third-order valence-corrected chi connectivity index (χ3v) is 4.09. The molecule has 2 rings (SSSR count). The molecule has 5 heteroatoms. The summed E-state index contributed by atoms with van der Waals surface area (Å²) in [4.78, 5) is 24.0. The first-order valence-electron chi connectivity index (χ1n) is 8.66. The number of rotatable bonds is 4. The van der Waals surface area contributed by atoms with Crippen molar-refractivity contribution in [3.8, 4) is 0 Å². The number of carbonyl (C=O) groups excluding carboxylic acids is 2. The summed E-state index contributed by atoms with van der Waals surface area (Å²) in [6, 6.07) is 9.34. The summed E-state index contributed by atoms with van der Waals surface area (Å²) in [6.45, 7) is 6.21. The number of hydrogen-bond acceptors (Lipinski definition) is 3. The Balaban J connectivity index is 1.77. The van der Waals surface area contributed by atoms with Gasteiger partial charge < -0.3 is 15.4 Å². The summed E-state index contributed by atoms with van der Waals surface area (Å²) < 4.78 is 5.31. The Morgan fingerprint density at radius 3 is 2.54 bits per heavy atom. The zero-order valence-corrected chi connectivity index (χ0v) is 14.8. The highest BCUT2D eigenvalue weighted by atomic mass is 16.6. The summed E-state index contributed by atoms with van der Waals surface area (Å²) in [5.41, 5.74) is 0.193. The van der Waals surface area contributed by atoms with Gasteiger partial charge in [0.1, 0.15) is 5.60 Å². The monoisotopic (exact) mass is 332 g/mol. The van der Waals surface area contributed by atoms with Gasteiger partial charge in [-0.3, -0.25) is 4.79 Å². The van der Waals surface area contributed by atoms with Gasteiger partial charge in [-0.05, 0) is 58.1 Å². The quantitative estimate of drug-likeness (QED) is 0.887. The third-order valence-electron chi connectivity index (χ3n) is 4.09. The van der Waals surface area contributed by atoms with Gasteiger partial charge in [0.25, 0.3) is 5.91 Å². The summed E-state index contributed by atoms with van der Waals surface area (Å²) >= 11 is 0. The van der Waals surface area contributed by atoms with E-state index in [9.17, 15) is 9.59 Å². The SMILES string of the molecule is CC(C)(C)OC(=O)N[C@H]1CCC[C@@H](CNC(=O)c2ccccc2)C1. The smallest absolute Gasteiger partial charge is 0.407 e. The van der Waals surface area contributed by atoms with E-state index in [0.29, 0.717) is 18.0 Å². The van der Waals surface area contributed by atoms with Crippen molar-refractivity contribution >= 4 is 12.0 Å². The number of alkyl carbamates (subject to hydrolysis) is 1. The van der Waals surface area contributed by atoms with Crippen LogP contribution in [0.1, 0.15) is 56.8 Å². The van der Waals surface area contributed by atoms with Gasteiger partial charge in [-0.25, -0.2) is 4.79 Å². The van der Waals surface area contributed by atoms with Crippen molar-refractivity contribution < 1.29 is 14.3 Å². The lowest BCUT2D eigenvalue weighted by atomic mass is 9.85. The molecular formula is C19H28N2O3. The first-order chi connectivity index (χ1) is 11.3. The van der Waals surface area contributed by atoms with E-state index in [1.807, 2.05) is 51.1 Å². The van der Waals surface area contributed by atoms with Crippen LogP contribution in [0, 0.1) is 5.92 Å². The van der Waals surface area contributed by atoms with Gasteiger partial charge in [0.05, 0.1) is 0 Å². The molecule has 0 spiro atoms. The van der Waals surface area contributed by atoms with E-state index in [4.69, 9.17) is 4.74 Å². The molecule has 2 amide bonds. The average molecular weight is 332 g/mol. The molecule has 0 saturated heterocycles. The van der Waals surface area contributed by atoms with Crippen LogP contribution in [0.15, 0.2) is 30.3 Å². The minimum Gasteiger partial charge on any atom is -0.444 e. The Kier molecular flexibility index (Phi) is 6.23. The molecule has 1 fully saturated rings. The minimum atomic E-state index is -0.484. The largest absolute Gasteiger partial charge is 0.444 e. The van der Waals surface area contributed by atoms with E-state index >= 15 is 0 Å². The van der Waals surface area contributed by atoms with Gasteiger partial charge in [0, 0.05) is 18.2 Å². The second-order valence-corrected chi connectivity index (χ2v) is 7.45. The van der Waals surface area contributed by atoms with Crippen LogP contribution in [0.2, 0.25) is 0 Å². The third kappa shape index (κ3) is 6.22. The molecule has 1 aliphatic carbocycles. The van der Waals surface area contributed by atoms with Crippen LogP contribution in [0.25, 0.3) is 0 Å². The number of ether oxygens (including phenoxy) is 1. The normalized spacial score (nSPS) is 21.0. The van der Waals surface area contributed by atoms with Gasteiger partial charge >= 0.3 is 6.09 Å². The van der Waals surface area contributed by atoms with Gasteiger partial charge in [-0.1, -0.05) is 24.6 Å². The lowest BCUT2D eigenvalue weighted by Gasteiger charge is -2.30. The molecule has 132 valence electrons. The van der Waals surface area contributed by atoms with Crippen LogP contribution in [-0.2, 0) is 4.74 Å². The van der Waals surface area contributed by atoms with Crippen molar-refractivity contribution in [1.82, 2.24) is 10.6 Å². The second kappa shape index (κ2) is 8.18. The van der Waals surface area contributed by atoms with E-state index in [1.54, 1.807) is 0 Å². The average Bonchev–Trinajstić information content (AvgIpc) is 2.52. The Labute approximate surface area is 144 Å². The topological polar surface area (TPSA) is 67.4 Å². The van der Waals surface area contributed by atoms with E-state index in [1.165, 1.54) is 0 Å². The maximum Gasteiger partial charge on any atom is 0.407 e. The van der Waals surface area contributed by atoms with Gasteiger partial charge in [-0.15, -0.1) is 0 Å². The molecule has 0 bridgehead atoms. The molecule has 0 radical (unpaired) electrons. The van der Waals surface area contributed by atoms with E-state index < -0.39 is 5.60 Å². The van der Waals surface area contributed by atoms with Crippen LogP contribution >= 0.6 is 0 Å². The Morgan fingerprint density at radius 2 is 1.88 bits per heavy atom. The van der Waals surface area contributed by atoms with Crippen molar-refractivity contribution in [2.75, 3.05) is 6.54 Å². The summed E-state index contributed by atoms with van der Waals surface area (Å²) in [7, 11) is 0. The Morgan fingerprint density at radius 1 is 1.17 bits per heavy atom. The van der Waals surface area contributed by atoms with Crippen molar-refractivity contribution in [1.29, 1.82) is 0 Å². The highest BCUT2D eigenvalue weighted by molar-refractivity contribution is 5.94. The van der Waals surface area contributed by atoms with Gasteiger partial charge in [-0.2, -0.15) is 0 Å². The standard InChI is InChI=1S/C19H28N2O3/c1-19(2,3)24-18(23)21-16-11-7-8-14(12-16)13-20-17(22)15-9-5-4-6-10-15/h4-6,9-10,14,16H,7-8,11-13H2,1-3H3,(H,20,22)(H,21,23)/t14-,16+/m1/s1. The summed E-state index contributed by atoms with van der Waals surface area (Å²) in [5, 5.41) is 5.95. The van der Waals surface area contributed by atoms with Crippen LogP contribution in [0.5, 0.6) is 0 Å². The number of carbonyl (C=O) groups is 2. The minimum absolute atomic E-state index is 0.0437. The first kappa shape index (κ1) is 18.3. The lowest BCUT2D eigenvalue weighted by molar-refractivity contribution is 0.0483. The predicted molar refractivity (Wildman–Crippen MR) is 93.9 cm³/mol. The lowest BCUT2D eigenvalue weighted by Crippen LogP contribution is -2.43. The van der Waals surface area contributed by atoms with Crippen molar-refractivity contribution in [3.63, 3.8) is 0 Å². The zero-order valence-electron chi connectivity index (χ0n) is 14.8. The molecule has 1 aromatic rings. The number of nitrogens with one attached hydrogen (secondary N) is 2. The molecule has 2 N–H and O–H groups in total. The Bertz CT molecular complexity index is 551. The molecule has 0 heterocycles. The van der Waals surface area contributed by atoms with Crippen LogP contribution in [0.3, 0.4) is 0 Å². The molecule has 2 atom stereocenters. The molecular weight excluding hydrogens is 304 g/mol. The fraction of sp³-hybridized carbons (Fsp3) is 0.579. The first-order valence-corrected chi connectivity index (χ1v) is 8.66. The summed E-state index contributed by atoms with van der Waals surface area (Å²) in [5.74, 6) is 0.337. The predicted octanol–water partition coefficient (Wildman–Crippen LogP) is 3.50. The molecule has 24 heavy (non-hydrogen) atoms. The molecule has 0 unspecified atom stereocenters. The molecule has 1 saturated carbocycles. The summed E-state index contributed by atoms with van der Waals surface area (Å²) in [6.07, 6.45) is 3.59. The highest BCUT2D eigenvalue weighted by Gasteiger charge is 2.25. The fourth-order valence-corrected chi connectivity index (χ4v) is 3.01. The van der Waals surface area contributed by atoms with Crippen molar-refractivity contribution in [2.24, 2.45) is 5.92 Å². The van der Waals surface area contributed by atoms with E-state index in [2.05, 4.69) is 10.6 Å². The molecule has 1 aromatic carbocycles. The maximum absolute atomic E-state index is 12.1. The highest BCUT2D eigenvalue weighted by Crippen LogP contribution is 2.24. The van der Waals surface area contributed by atoms with Crippen molar-refractivity contribution in [3.05, 3.63) is 35.9 Å². The Hall–Kier alpha value is -2.04. The van der Waals surface area contributed by atoms with Gasteiger partial charge in [0.15, 0.2) is 0 Å². The molecule has 5 nitrogen and oxygen atoms in total. The molecule has 0 aliphatic heterocycles. The van der Waals surface area contributed by atoms with Gasteiger partial charge in [0.2, 0.25) is 0 Å². The molecule has 1 aliphatic rings. The van der Waals surface area contributed by atoms with Crippen LogP contribution < -0.4 is 10.6 Å². The van der Waals surface area contributed by atoms with Crippen LogP contribution in [-0.4, -0.2) is 30.2 Å². The number of hydrogen-bond donors (Lipinski definition) is 2. The number of amides is 2. The number of benzene rings is 1. The van der Waals surface area contributed by atoms with E-state index in [0.717, 1.165) is 25.7 Å². The zero-order chi connectivity index (χ0) is 17.6. The second-order valence-electron chi connectivity index (χ2n) is 7.45. The van der Waals surface area contributed by atoms with E-state index in [-0.39, 0.29) is 18.0 Å². The van der Waals surface area contributed by atoms with Crippen molar-refractivity contribution in [2.45, 2.75) is 58.1 Å².